The lowest BCUT2D eigenvalue weighted by atomic mass is 10.2. The summed E-state index contributed by atoms with van der Waals surface area (Å²) < 4.78 is 14.5. The van der Waals surface area contributed by atoms with E-state index in [0.29, 0.717) is 18.8 Å². The largest absolute Gasteiger partial charge is 0.459 e. The molecule has 0 radical (unpaired) electrons. The van der Waals surface area contributed by atoms with E-state index in [9.17, 15) is 4.79 Å². The van der Waals surface area contributed by atoms with Gasteiger partial charge < -0.3 is 14.2 Å². The van der Waals surface area contributed by atoms with Gasteiger partial charge in [-0.2, -0.15) is 0 Å². The van der Waals surface area contributed by atoms with Crippen molar-refractivity contribution in [2.24, 2.45) is 0 Å². The van der Waals surface area contributed by atoms with Crippen molar-refractivity contribution < 1.29 is 19.0 Å². The normalized spacial score (nSPS) is 18.2. The number of carbonyl (C=O) groups is 1. The van der Waals surface area contributed by atoms with Gasteiger partial charge in [0.25, 0.3) is 0 Å². The Kier molecular flexibility index (Phi) is 4.36. The lowest BCUT2D eigenvalue weighted by molar-refractivity contribution is -0.139. The van der Waals surface area contributed by atoms with Gasteiger partial charge in [-0.05, 0) is 6.92 Å². The van der Waals surface area contributed by atoms with Gasteiger partial charge in [-0.15, -0.1) is 0 Å². The molecule has 1 unspecified atom stereocenters. The first-order valence-electron chi connectivity index (χ1n) is 6.03. The van der Waals surface area contributed by atoms with Gasteiger partial charge in [-0.25, -0.2) is 4.79 Å². The molecular formula is C15H16O4. The predicted octanol–water partition coefficient (Wildman–Crippen LogP) is 2.52. The van der Waals surface area contributed by atoms with E-state index in [-0.39, 0.29) is 12.1 Å². The fourth-order valence-corrected chi connectivity index (χ4v) is 1.22. The van der Waals surface area contributed by atoms with Crippen molar-refractivity contribution in [3.8, 4) is 0 Å². The molecule has 1 saturated heterocycles. The second-order valence-corrected chi connectivity index (χ2v) is 4.30. The quantitative estimate of drug-likeness (QED) is 0.474. The van der Waals surface area contributed by atoms with E-state index < -0.39 is 0 Å². The number of esters is 1. The maximum atomic E-state index is 10.7. The van der Waals surface area contributed by atoms with E-state index in [1.54, 1.807) is 13.2 Å². The summed E-state index contributed by atoms with van der Waals surface area (Å²) in [4.78, 5) is 10.7. The van der Waals surface area contributed by atoms with Crippen LogP contribution in [0.15, 0.2) is 48.7 Å². The molecule has 2 heterocycles. The Morgan fingerprint density at radius 1 is 1.42 bits per heavy atom. The summed E-state index contributed by atoms with van der Waals surface area (Å²) in [6, 6.07) is 10.0. The van der Waals surface area contributed by atoms with Crippen LogP contribution in [-0.2, 0) is 19.0 Å². The van der Waals surface area contributed by atoms with Crippen molar-refractivity contribution in [2.75, 3.05) is 13.2 Å². The van der Waals surface area contributed by atoms with E-state index in [2.05, 4.69) is 6.58 Å². The first-order valence-corrected chi connectivity index (χ1v) is 6.03. The summed E-state index contributed by atoms with van der Waals surface area (Å²) >= 11 is 0. The highest BCUT2D eigenvalue weighted by Gasteiger charge is 2.24. The summed E-state index contributed by atoms with van der Waals surface area (Å²) in [5.41, 5.74) is 1.60. The third kappa shape index (κ3) is 4.97. The van der Waals surface area contributed by atoms with Crippen LogP contribution in [0.3, 0.4) is 0 Å². The van der Waals surface area contributed by atoms with Crippen molar-refractivity contribution in [3.05, 3.63) is 54.3 Å². The molecular weight excluding hydrogens is 244 g/mol. The van der Waals surface area contributed by atoms with Gasteiger partial charge in [0.15, 0.2) is 5.76 Å². The first-order chi connectivity index (χ1) is 9.16. The lowest BCUT2D eigenvalue weighted by Crippen LogP contribution is -2.09. The smallest absolute Gasteiger partial charge is 0.333 e. The molecule has 2 aliphatic rings. The monoisotopic (exact) mass is 260 g/mol. The van der Waals surface area contributed by atoms with E-state index >= 15 is 0 Å². The summed E-state index contributed by atoms with van der Waals surface area (Å²) in [5.74, 6) is 0.658. The first kappa shape index (κ1) is 13.4. The van der Waals surface area contributed by atoms with E-state index in [1.807, 2.05) is 30.3 Å². The molecule has 4 heteroatoms. The molecule has 0 saturated carbocycles. The van der Waals surface area contributed by atoms with Crippen molar-refractivity contribution in [1.29, 1.82) is 0 Å². The van der Waals surface area contributed by atoms with Crippen molar-refractivity contribution in [1.82, 2.24) is 0 Å². The highest BCUT2D eigenvalue weighted by Crippen LogP contribution is 2.25. The molecule has 0 spiro atoms. The predicted molar refractivity (Wildman–Crippen MR) is 71.0 cm³/mol. The van der Waals surface area contributed by atoms with Gasteiger partial charge in [0.1, 0.15) is 19.0 Å². The second kappa shape index (κ2) is 6.20. The van der Waals surface area contributed by atoms with E-state index in [0.717, 1.165) is 11.3 Å². The molecule has 3 rings (SSSR count). The summed E-state index contributed by atoms with van der Waals surface area (Å²) in [7, 11) is 0. The van der Waals surface area contributed by atoms with Crippen molar-refractivity contribution >= 4 is 11.7 Å². The van der Waals surface area contributed by atoms with Gasteiger partial charge in [-0.1, -0.05) is 36.9 Å². The fourth-order valence-electron chi connectivity index (χ4n) is 1.22. The number of hydrogen-bond acceptors (Lipinski definition) is 4. The summed E-state index contributed by atoms with van der Waals surface area (Å²) in [5, 5.41) is 0. The highest BCUT2D eigenvalue weighted by atomic mass is 16.6. The van der Waals surface area contributed by atoms with Crippen LogP contribution in [0.1, 0.15) is 12.5 Å². The Labute approximate surface area is 112 Å². The van der Waals surface area contributed by atoms with Crippen molar-refractivity contribution in [2.45, 2.75) is 13.0 Å². The van der Waals surface area contributed by atoms with Crippen molar-refractivity contribution in [3.63, 3.8) is 0 Å². The molecule has 0 bridgehead atoms. The number of benzene rings is 1. The van der Waals surface area contributed by atoms with Gasteiger partial charge in [-0.3, -0.25) is 0 Å². The molecule has 0 aliphatic carbocycles. The minimum atomic E-state index is -0.337. The molecule has 0 aromatic heterocycles. The topological polar surface area (TPSA) is 51.4 Å². The molecule has 1 aromatic rings. The van der Waals surface area contributed by atoms with Crippen LogP contribution < -0.4 is 0 Å². The SMILES string of the molecule is C1=C(c2ccccc2)O1.C=C(C)C(=O)OCC1CO1. The fraction of sp³-hybridized carbons (Fsp3) is 0.267. The maximum Gasteiger partial charge on any atom is 0.333 e. The lowest BCUT2D eigenvalue weighted by Gasteiger charge is -1.99. The van der Waals surface area contributed by atoms with Crippen LogP contribution in [0.2, 0.25) is 0 Å². The van der Waals surface area contributed by atoms with Crippen LogP contribution in [0, 0.1) is 0 Å². The van der Waals surface area contributed by atoms with Gasteiger partial charge >= 0.3 is 5.97 Å². The van der Waals surface area contributed by atoms with Crippen LogP contribution in [0.25, 0.3) is 5.76 Å². The van der Waals surface area contributed by atoms with Crippen LogP contribution >= 0.6 is 0 Å². The molecule has 1 atom stereocenters. The average molecular weight is 260 g/mol. The van der Waals surface area contributed by atoms with Gasteiger partial charge in [0.2, 0.25) is 0 Å². The Bertz CT molecular complexity index is 486. The zero-order valence-corrected chi connectivity index (χ0v) is 10.8. The third-order valence-corrected chi connectivity index (χ3v) is 2.45. The average Bonchev–Trinajstić information content (AvgIpc) is 3.31. The Morgan fingerprint density at radius 2 is 2.05 bits per heavy atom. The molecule has 4 nitrogen and oxygen atoms in total. The van der Waals surface area contributed by atoms with Crippen LogP contribution in [0.4, 0.5) is 0 Å². The van der Waals surface area contributed by atoms with E-state index in [1.165, 1.54) is 0 Å². The van der Waals surface area contributed by atoms with E-state index in [4.69, 9.17) is 14.2 Å². The Hall–Kier alpha value is -2.07. The third-order valence-electron chi connectivity index (χ3n) is 2.45. The molecule has 1 aromatic carbocycles. The summed E-state index contributed by atoms with van der Waals surface area (Å²) in [6.45, 7) is 6.14. The molecule has 2 aliphatic heterocycles. The minimum absolute atomic E-state index is 0.142. The maximum absolute atomic E-state index is 10.7. The molecule has 100 valence electrons. The van der Waals surface area contributed by atoms with Gasteiger partial charge in [0.05, 0.1) is 6.61 Å². The molecule has 1 fully saturated rings. The highest BCUT2D eigenvalue weighted by molar-refractivity contribution is 5.86. The number of carbonyl (C=O) groups excluding carboxylic acids is 1. The second-order valence-electron chi connectivity index (χ2n) is 4.30. The summed E-state index contributed by atoms with van der Waals surface area (Å²) in [6.07, 6.45) is 1.89. The standard InChI is InChI=1S/C8H6O.C7H10O3/c1-2-4-7(5-3-1)8-6-9-8;1-5(2)7(8)10-4-6-3-9-6/h1-6H;6H,1,3-4H2,2H3. The number of rotatable bonds is 4. The zero-order chi connectivity index (χ0) is 13.7. The molecule has 19 heavy (non-hydrogen) atoms. The van der Waals surface area contributed by atoms with Crippen LogP contribution in [0.5, 0.6) is 0 Å². The number of hydrogen-bond donors (Lipinski definition) is 0. The number of epoxide rings is 1. The van der Waals surface area contributed by atoms with Crippen LogP contribution in [-0.4, -0.2) is 25.3 Å². The minimum Gasteiger partial charge on any atom is -0.459 e. The molecule has 0 N–H and O–H groups in total. The van der Waals surface area contributed by atoms with Gasteiger partial charge in [0, 0.05) is 11.1 Å². The Balaban J connectivity index is 0.000000141. The zero-order valence-electron chi connectivity index (χ0n) is 10.8. The Morgan fingerprint density at radius 3 is 2.53 bits per heavy atom. The molecule has 0 amide bonds. The number of ether oxygens (including phenoxy) is 3.